The predicted octanol–water partition coefficient (Wildman–Crippen LogP) is 5.15. The number of aryl methyl sites for hydroxylation is 1. The van der Waals surface area contributed by atoms with Crippen molar-refractivity contribution in [3.05, 3.63) is 99.0 Å². The number of imide groups is 1. The molecular weight excluding hydrogens is 426 g/mol. The maximum atomic E-state index is 13.6. The van der Waals surface area contributed by atoms with Gasteiger partial charge in [0.05, 0.1) is 17.5 Å². The third-order valence-corrected chi connectivity index (χ3v) is 7.31. The van der Waals surface area contributed by atoms with Crippen molar-refractivity contribution in [1.29, 1.82) is 0 Å². The van der Waals surface area contributed by atoms with Gasteiger partial charge in [0.1, 0.15) is 0 Å². The first-order valence-electron chi connectivity index (χ1n) is 9.89. The number of carbonyl (C=O) groups excluding carboxylic acids is 2. The Morgan fingerprint density at radius 2 is 1.28 bits per heavy atom. The van der Waals surface area contributed by atoms with Gasteiger partial charge in [-0.25, -0.2) is 4.90 Å². The minimum absolute atomic E-state index is 0.0614. The number of anilines is 1. The molecule has 1 heterocycles. The maximum absolute atomic E-state index is 13.6. The largest absolute Gasteiger partial charge is 0.274 e. The van der Waals surface area contributed by atoms with Crippen molar-refractivity contribution in [2.75, 3.05) is 4.90 Å². The van der Waals surface area contributed by atoms with Crippen LogP contribution in [0.15, 0.2) is 71.2 Å². The number of rotatable bonds is 1. The Balaban J connectivity index is 1.57. The van der Waals surface area contributed by atoms with E-state index in [1.165, 1.54) is 32.7 Å². The van der Waals surface area contributed by atoms with Gasteiger partial charge >= 0.3 is 0 Å². The molecule has 29 heavy (non-hydrogen) atoms. The lowest BCUT2D eigenvalue weighted by Crippen LogP contribution is -2.41. The number of halogens is 1. The number of benzene rings is 3. The highest BCUT2D eigenvalue weighted by Crippen LogP contribution is 2.61. The normalized spacial score (nSPS) is 26.3. The predicted molar refractivity (Wildman–Crippen MR) is 115 cm³/mol. The second kappa shape index (κ2) is 5.90. The minimum atomic E-state index is -0.333. The molecule has 3 nitrogen and oxygen atoms in total. The Labute approximate surface area is 177 Å². The number of amides is 2. The van der Waals surface area contributed by atoms with Gasteiger partial charge in [0.2, 0.25) is 11.8 Å². The quantitative estimate of drug-likeness (QED) is 0.487. The molecule has 3 aromatic rings. The van der Waals surface area contributed by atoms with E-state index in [4.69, 9.17) is 0 Å². The van der Waals surface area contributed by atoms with Crippen molar-refractivity contribution >= 4 is 33.4 Å². The summed E-state index contributed by atoms with van der Waals surface area (Å²) >= 11 is 3.43. The summed E-state index contributed by atoms with van der Waals surface area (Å²) < 4.78 is 0.924. The van der Waals surface area contributed by atoms with E-state index in [0.29, 0.717) is 5.69 Å². The molecule has 0 aromatic heterocycles. The van der Waals surface area contributed by atoms with E-state index in [0.717, 1.165) is 4.47 Å². The molecule has 4 aliphatic rings. The van der Waals surface area contributed by atoms with Gasteiger partial charge in [0, 0.05) is 16.3 Å². The van der Waals surface area contributed by atoms with E-state index in [-0.39, 0.29) is 35.5 Å². The Kier molecular flexibility index (Phi) is 3.49. The third-order valence-electron chi connectivity index (χ3n) is 6.78. The van der Waals surface area contributed by atoms with Crippen molar-refractivity contribution in [3.63, 3.8) is 0 Å². The number of hydrogen-bond acceptors (Lipinski definition) is 2. The van der Waals surface area contributed by atoms with Gasteiger partial charge < -0.3 is 0 Å². The first-order valence-corrected chi connectivity index (χ1v) is 10.7. The Morgan fingerprint density at radius 3 is 1.90 bits per heavy atom. The zero-order valence-electron chi connectivity index (χ0n) is 15.8. The average Bonchev–Trinajstić information content (AvgIpc) is 2.99. The second-order valence-corrected chi connectivity index (χ2v) is 9.17. The molecular formula is C25H18BrNO2. The molecule has 0 radical (unpaired) electrons. The lowest BCUT2D eigenvalue weighted by molar-refractivity contribution is -0.122. The number of nitrogens with zero attached hydrogens (tertiary/aromatic N) is 1. The van der Waals surface area contributed by atoms with Gasteiger partial charge in [0.15, 0.2) is 0 Å². The zero-order chi connectivity index (χ0) is 19.9. The summed E-state index contributed by atoms with van der Waals surface area (Å²) in [5, 5.41) is 0. The molecule has 0 spiro atoms. The van der Waals surface area contributed by atoms with Gasteiger partial charge in [-0.05, 0) is 53.4 Å². The van der Waals surface area contributed by atoms with Crippen molar-refractivity contribution in [2.45, 2.75) is 18.8 Å². The fraction of sp³-hybridized carbons (Fsp3) is 0.200. The van der Waals surface area contributed by atoms with Crippen molar-refractivity contribution in [3.8, 4) is 0 Å². The summed E-state index contributed by atoms with van der Waals surface area (Å²) in [6.07, 6.45) is 0. The van der Waals surface area contributed by atoms with Crippen LogP contribution in [0.5, 0.6) is 0 Å². The molecule has 4 atom stereocenters. The lowest BCUT2D eigenvalue weighted by atomic mass is 9.55. The van der Waals surface area contributed by atoms with Crippen LogP contribution >= 0.6 is 15.9 Å². The van der Waals surface area contributed by atoms with Crippen molar-refractivity contribution in [2.24, 2.45) is 11.8 Å². The highest BCUT2D eigenvalue weighted by atomic mass is 79.9. The van der Waals surface area contributed by atoms with E-state index >= 15 is 0 Å². The van der Waals surface area contributed by atoms with Crippen molar-refractivity contribution < 1.29 is 9.59 Å². The van der Waals surface area contributed by atoms with E-state index in [2.05, 4.69) is 53.2 Å². The Bertz CT molecular complexity index is 1200. The molecule has 0 N–H and O–H groups in total. The van der Waals surface area contributed by atoms with Gasteiger partial charge in [0.25, 0.3) is 0 Å². The SMILES string of the molecule is Cc1ccc2c(c1)C1c3ccccc3C2C2C(=O)N(c3ccc(Br)cc3)C(=O)C12. The van der Waals surface area contributed by atoms with Crippen LogP contribution in [0.25, 0.3) is 0 Å². The van der Waals surface area contributed by atoms with Crippen LogP contribution in [0.2, 0.25) is 0 Å². The van der Waals surface area contributed by atoms with E-state index in [1.807, 2.05) is 36.4 Å². The molecule has 2 bridgehead atoms. The molecule has 1 saturated heterocycles. The summed E-state index contributed by atoms with van der Waals surface area (Å²) in [4.78, 5) is 28.7. The standard InChI is InChI=1S/C25H18BrNO2/c1-13-6-11-18-19(12-13)21-17-5-3-2-4-16(17)20(18)22-23(21)25(29)27(24(22)28)15-9-7-14(26)8-10-15/h2-12,20-23H,1H3. The molecule has 4 heteroatoms. The van der Waals surface area contributed by atoms with Crippen LogP contribution in [0.4, 0.5) is 5.69 Å². The molecule has 3 aromatic carbocycles. The van der Waals surface area contributed by atoms with E-state index in [9.17, 15) is 9.59 Å². The third kappa shape index (κ3) is 2.18. The van der Waals surface area contributed by atoms with Crippen LogP contribution in [0.1, 0.15) is 39.7 Å². The van der Waals surface area contributed by atoms with Crippen LogP contribution in [-0.4, -0.2) is 11.8 Å². The Hall–Kier alpha value is -2.72. The number of hydrogen-bond donors (Lipinski definition) is 0. The molecule has 7 rings (SSSR count). The van der Waals surface area contributed by atoms with Gasteiger partial charge in [-0.15, -0.1) is 0 Å². The minimum Gasteiger partial charge on any atom is -0.274 e. The topological polar surface area (TPSA) is 37.4 Å². The molecule has 1 aliphatic heterocycles. The monoisotopic (exact) mass is 443 g/mol. The molecule has 2 amide bonds. The zero-order valence-corrected chi connectivity index (χ0v) is 17.4. The fourth-order valence-corrected chi connectivity index (χ4v) is 5.96. The molecule has 1 fully saturated rings. The van der Waals surface area contributed by atoms with Crippen LogP contribution < -0.4 is 4.90 Å². The van der Waals surface area contributed by atoms with Gasteiger partial charge in [-0.2, -0.15) is 0 Å². The molecule has 0 saturated carbocycles. The van der Waals surface area contributed by atoms with Crippen molar-refractivity contribution in [1.82, 2.24) is 0 Å². The van der Waals surface area contributed by atoms with Crippen LogP contribution in [0, 0.1) is 18.8 Å². The summed E-state index contributed by atoms with van der Waals surface area (Å²) in [6.45, 7) is 2.09. The van der Waals surface area contributed by atoms with Crippen LogP contribution in [-0.2, 0) is 9.59 Å². The summed E-state index contributed by atoms with van der Waals surface area (Å²) in [6, 6.07) is 22.2. The van der Waals surface area contributed by atoms with Crippen LogP contribution in [0.3, 0.4) is 0 Å². The maximum Gasteiger partial charge on any atom is 0.238 e. The first-order chi connectivity index (χ1) is 14.1. The lowest BCUT2D eigenvalue weighted by Gasteiger charge is -2.46. The highest BCUT2D eigenvalue weighted by molar-refractivity contribution is 9.10. The molecule has 142 valence electrons. The second-order valence-electron chi connectivity index (χ2n) is 8.26. The smallest absolute Gasteiger partial charge is 0.238 e. The van der Waals surface area contributed by atoms with E-state index < -0.39 is 0 Å². The molecule has 3 aliphatic carbocycles. The van der Waals surface area contributed by atoms with Gasteiger partial charge in [-0.3, -0.25) is 9.59 Å². The van der Waals surface area contributed by atoms with E-state index in [1.54, 1.807) is 0 Å². The summed E-state index contributed by atoms with van der Waals surface area (Å²) in [5.74, 6) is -0.930. The first kappa shape index (κ1) is 17.2. The fourth-order valence-electron chi connectivity index (χ4n) is 5.69. The average molecular weight is 444 g/mol. The van der Waals surface area contributed by atoms with Gasteiger partial charge in [-0.1, -0.05) is 64.0 Å². The Morgan fingerprint density at radius 1 is 0.724 bits per heavy atom. The summed E-state index contributed by atoms with van der Waals surface area (Å²) in [5.41, 5.74) is 6.67. The highest BCUT2D eigenvalue weighted by Gasteiger charge is 2.61. The molecule has 4 unspecified atom stereocenters. The number of carbonyl (C=O) groups is 2. The summed E-state index contributed by atoms with van der Waals surface area (Å²) in [7, 11) is 0.